The third kappa shape index (κ3) is 5.10. The number of hydrogen-bond donors (Lipinski definition) is 3. The molecule has 200 valence electrons. The van der Waals surface area contributed by atoms with E-state index in [0.717, 1.165) is 25.0 Å². The molecule has 5 N–H and O–H groups in total. The lowest BCUT2D eigenvalue weighted by molar-refractivity contribution is -0.0429. The molecule has 2 aromatic heterocycles. The summed E-state index contributed by atoms with van der Waals surface area (Å²) in [5.41, 5.74) is 6.05. The van der Waals surface area contributed by atoms with Crippen molar-refractivity contribution in [2.45, 2.75) is 44.7 Å². The Kier molecular flexibility index (Phi) is 6.64. The molecule has 3 aromatic rings. The largest absolute Gasteiger partial charge is 0.516 e. The Balaban J connectivity index is 1.74. The predicted molar refractivity (Wildman–Crippen MR) is 124 cm³/mol. The molecule has 0 unspecified atom stereocenters. The molecular weight excluding hydrogens is 525 g/mol. The van der Waals surface area contributed by atoms with Gasteiger partial charge in [-0.05, 0) is 26.7 Å². The van der Waals surface area contributed by atoms with Gasteiger partial charge in [0.1, 0.15) is 28.8 Å². The summed E-state index contributed by atoms with van der Waals surface area (Å²) >= 11 is 0. The van der Waals surface area contributed by atoms with E-state index in [1.54, 1.807) is 13.8 Å². The normalized spacial score (nSPS) is 14.1. The van der Waals surface area contributed by atoms with E-state index in [-0.39, 0.29) is 41.9 Å². The average Bonchev–Trinajstić information content (AvgIpc) is 3.55. The lowest BCUT2D eigenvalue weighted by atomic mass is 10.1. The minimum Gasteiger partial charge on any atom is -0.494 e. The maximum absolute atomic E-state index is 14.7. The number of nitrogens with one attached hydrogen (secondary N) is 1. The fourth-order valence-corrected chi connectivity index (χ4v) is 4.39. The van der Waals surface area contributed by atoms with Crippen molar-refractivity contribution in [3.05, 3.63) is 40.6 Å². The molecule has 0 aliphatic heterocycles. The molecule has 4 rings (SSSR count). The molecule has 10 nitrogen and oxygen atoms in total. The number of nitrogens with zero attached hydrogens (tertiary/aromatic N) is 4. The van der Waals surface area contributed by atoms with E-state index < -0.39 is 44.5 Å². The number of nitrogens with two attached hydrogens (primary N) is 2. The molecule has 37 heavy (non-hydrogen) atoms. The highest BCUT2D eigenvalue weighted by Crippen LogP contribution is 2.44. The molecule has 16 heteroatoms. The molecular formula is C21H22F5N7O3S. The fourth-order valence-electron chi connectivity index (χ4n) is 3.80. The lowest BCUT2D eigenvalue weighted by Gasteiger charge is -2.13. The summed E-state index contributed by atoms with van der Waals surface area (Å²) in [5, 5.41) is 4.40. The van der Waals surface area contributed by atoms with Crippen LogP contribution in [0.1, 0.15) is 42.5 Å². The van der Waals surface area contributed by atoms with Gasteiger partial charge in [-0.15, -0.1) is 0 Å². The second-order valence-corrected chi connectivity index (χ2v) is 10.0. The van der Waals surface area contributed by atoms with Crippen LogP contribution in [-0.2, 0) is 16.6 Å². The van der Waals surface area contributed by atoms with Crippen molar-refractivity contribution < 1.29 is 35.1 Å². The molecule has 0 saturated heterocycles. The van der Waals surface area contributed by atoms with Gasteiger partial charge >= 0.3 is 15.5 Å². The molecule has 2 heterocycles. The van der Waals surface area contributed by atoms with Gasteiger partial charge in [0, 0.05) is 34.9 Å². The van der Waals surface area contributed by atoms with Crippen LogP contribution in [-0.4, -0.2) is 40.3 Å². The van der Waals surface area contributed by atoms with Gasteiger partial charge in [-0.25, -0.2) is 18.7 Å². The van der Waals surface area contributed by atoms with Crippen molar-refractivity contribution in [3.8, 4) is 17.3 Å². The minimum absolute atomic E-state index is 0.0431. The third-order valence-corrected chi connectivity index (χ3v) is 6.74. The minimum atomic E-state index is -5.83. The topological polar surface area (TPSA) is 151 Å². The van der Waals surface area contributed by atoms with Crippen LogP contribution >= 0.6 is 0 Å². The highest BCUT2D eigenvalue weighted by molar-refractivity contribution is 7.93. The summed E-state index contributed by atoms with van der Waals surface area (Å²) in [4.78, 5) is 7.78. The molecule has 1 aliphatic carbocycles. The van der Waals surface area contributed by atoms with E-state index in [1.807, 2.05) is 0 Å². The van der Waals surface area contributed by atoms with E-state index >= 15 is 0 Å². The van der Waals surface area contributed by atoms with E-state index in [2.05, 4.69) is 15.1 Å². The van der Waals surface area contributed by atoms with Crippen LogP contribution in [0.15, 0.2) is 12.1 Å². The first-order valence-corrected chi connectivity index (χ1v) is 12.4. The van der Waals surface area contributed by atoms with Gasteiger partial charge in [0.15, 0.2) is 17.5 Å². The first kappa shape index (κ1) is 26.4. The third-order valence-electron chi connectivity index (χ3n) is 5.65. The Hall–Kier alpha value is -3.69. The van der Waals surface area contributed by atoms with E-state index in [4.69, 9.17) is 16.2 Å². The van der Waals surface area contributed by atoms with Crippen LogP contribution in [0.3, 0.4) is 0 Å². The molecule has 0 amide bonds. The van der Waals surface area contributed by atoms with Gasteiger partial charge in [-0.1, -0.05) is 0 Å². The maximum atomic E-state index is 14.7. The number of anilines is 3. The van der Waals surface area contributed by atoms with E-state index in [1.165, 1.54) is 9.40 Å². The second kappa shape index (κ2) is 9.32. The van der Waals surface area contributed by atoms with E-state index in [0.29, 0.717) is 11.3 Å². The van der Waals surface area contributed by atoms with Crippen LogP contribution < -0.4 is 20.9 Å². The number of nitrogen functional groups attached to an aromatic ring is 2. The number of alkyl halides is 3. The smallest absolute Gasteiger partial charge is 0.494 e. The Morgan fingerprint density at radius 1 is 1.14 bits per heavy atom. The maximum Gasteiger partial charge on any atom is 0.516 e. The molecule has 0 radical (unpaired) electrons. The van der Waals surface area contributed by atoms with Crippen molar-refractivity contribution in [1.82, 2.24) is 19.7 Å². The molecule has 0 atom stereocenters. The Morgan fingerprint density at radius 2 is 1.70 bits per heavy atom. The summed E-state index contributed by atoms with van der Waals surface area (Å²) in [6, 6.07) is 2.14. The monoisotopic (exact) mass is 547 g/mol. The Bertz CT molecular complexity index is 1420. The zero-order valence-electron chi connectivity index (χ0n) is 19.5. The Labute approximate surface area is 207 Å². The molecule has 0 spiro atoms. The average molecular weight is 548 g/mol. The standard InChI is InChI=1S/C21H22F5N7O3S/c1-3-36-11-6-13(22)12(14(23)7-11)8-33-17(10-4-5-10)9(2)15(31-33)20-29-18(27)16(19(28)30-20)32-37(34,35)21(24,25)26/h6-7,10,32H,3-5,8H2,1-2H3,(H4,27,28,29,30). The number of sulfonamides is 1. The van der Waals surface area contributed by atoms with Crippen LogP contribution in [0, 0.1) is 18.6 Å². The second-order valence-electron chi connectivity index (χ2n) is 8.33. The number of aromatic nitrogens is 4. The molecule has 1 aliphatic rings. The highest BCUT2D eigenvalue weighted by atomic mass is 32.2. The summed E-state index contributed by atoms with van der Waals surface area (Å²) in [7, 11) is -5.83. The van der Waals surface area contributed by atoms with E-state index in [9.17, 15) is 30.4 Å². The van der Waals surface area contributed by atoms with Gasteiger partial charge < -0.3 is 16.2 Å². The van der Waals surface area contributed by atoms with Crippen molar-refractivity contribution >= 4 is 27.3 Å². The molecule has 1 saturated carbocycles. The van der Waals surface area contributed by atoms with Crippen molar-refractivity contribution in [3.63, 3.8) is 0 Å². The fraction of sp³-hybridized carbons (Fsp3) is 0.381. The Morgan fingerprint density at radius 3 is 2.19 bits per heavy atom. The number of ether oxygens (including phenoxy) is 1. The van der Waals surface area contributed by atoms with Crippen LogP contribution in [0.5, 0.6) is 5.75 Å². The lowest BCUT2D eigenvalue weighted by Crippen LogP contribution is -2.31. The predicted octanol–water partition coefficient (Wildman–Crippen LogP) is 3.68. The van der Waals surface area contributed by atoms with Gasteiger partial charge in [0.05, 0.1) is 13.2 Å². The molecule has 1 fully saturated rings. The van der Waals surface area contributed by atoms with Gasteiger partial charge in [-0.2, -0.15) is 26.7 Å². The van der Waals surface area contributed by atoms with Gasteiger partial charge in [0.25, 0.3) is 0 Å². The van der Waals surface area contributed by atoms with Crippen LogP contribution in [0.4, 0.5) is 39.3 Å². The number of benzene rings is 1. The van der Waals surface area contributed by atoms with Crippen molar-refractivity contribution in [2.24, 2.45) is 0 Å². The van der Waals surface area contributed by atoms with Gasteiger partial charge in [0.2, 0.25) is 0 Å². The van der Waals surface area contributed by atoms with Crippen molar-refractivity contribution in [1.29, 1.82) is 0 Å². The first-order chi connectivity index (χ1) is 17.2. The SMILES string of the molecule is CCOc1cc(F)c(Cn2nc(-c3nc(N)c(NS(=O)(=O)C(F)(F)F)c(N)n3)c(C)c2C2CC2)c(F)c1. The molecule has 0 bridgehead atoms. The summed E-state index contributed by atoms with van der Waals surface area (Å²) in [5.74, 6) is -3.08. The molecule has 1 aromatic carbocycles. The number of hydrogen-bond acceptors (Lipinski definition) is 8. The number of halogens is 5. The van der Waals surface area contributed by atoms with Gasteiger partial charge in [-0.3, -0.25) is 9.40 Å². The van der Waals surface area contributed by atoms with Crippen molar-refractivity contribution in [2.75, 3.05) is 22.8 Å². The van der Waals surface area contributed by atoms with Crippen LogP contribution in [0.25, 0.3) is 11.5 Å². The highest BCUT2D eigenvalue weighted by Gasteiger charge is 2.46. The summed E-state index contributed by atoms with van der Waals surface area (Å²) < 4.78 is 98.4. The van der Waals surface area contributed by atoms with Crippen LogP contribution in [0.2, 0.25) is 0 Å². The zero-order valence-corrected chi connectivity index (χ0v) is 20.3. The summed E-state index contributed by atoms with van der Waals surface area (Å²) in [6.45, 7) is 3.31. The number of rotatable bonds is 8. The quantitative estimate of drug-likeness (QED) is 0.362. The summed E-state index contributed by atoms with van der Waals surface area (Å²) in [6.07, 6.45) is 1.62. The zero-order chi connectivity index (χ0) is 27.3. The first-order valence-electron chi connectivity index (χ1n) is 10.9.